The summed E-state index contributed by atoms with van der Waals surface area (Å²) in [5, 5.41) is 7.71. The van der Waals surface area contributed by atoms with E-state index in [1.807, 2.05) is 24.3 Å². The van der Waals surface area contributed by atoms with E-state index in [2.05, 4.69) is 27.3 Å². The van der Waals surface area contributed by atoms with E-state index in [1.54, 1.807) is 12.1 Å². The molecule has 2 aromatic carbocycles. The first-order chi connectivity index (χ1) is 9.72. The van der Waals surface area contributed by atoms with Crippen molar-refractivity contribution < 1.29 is 0 Å². The highest BCUT2D eigenvalue weighted by atomic mass is 35.5. The summed E-state index contributed by atoms with van der Waals surface area (Å²) in [7, 11) is 0. The molecule has 1 heterocycles. The fourth-order valence-corrected chi connectivity index (χ4v) is 2.09. The van der Waals surface area contributed by atoms with Crippen LogP contribution >= 0.6 is 11.6 Å². The lowest BCUT2D eigenvalue weighted by Crippen LogP contribution is -1.90. The summed E-state index contributed by atoms with van der Waals surface area (Å²) in [6.07, 6.45) is 0.719. The summed E-state index contributed by atoms with van der Waals surface area (Å²) in [6, 6.07) is 15.5. The third-order valence-electron chi connectivity index (χ3n) is 3.00. The topological polar surface area (TPSA) is 67.6 Å². The number of aromatic nitrogens is 3. The predicted molar refractivity (Wildman–Crippen MR) is 80.5 cm³/mol. The second-order valence-corrected chi connectivity index (χ2v) is 4.91. The van der Waals surface area contributed by atoms with Crippen LogP contribution in [-0.2, 0) is 6.42 Å². The molecule has 0 amide bonds. The van der Waals surface area contributed by atoms with Crippen molar-refractivity contribution in [3.05, 3.63) is 64.9 Å². The Morgan fingerprint density at radius 3 is 2.65 bits per heavy atom. The van der Waals surface area contributed by atoms with Gasteiger partial charge in [0.15, 0.2) is 5.82 Å². The summed E-state index contributed by atoms with van der Waals surface area (Å²) >= 11 is 5.91. The fraction of sp³-hybridized carbons (Fsp3) is 0.0667. The maximum atomic E-state index is 5.91. The number of rotatable bonds is 3. The number of H-pyrrole nitrogens is 1. The second kappa shape index (κ2) is 5.35. The van der Waals surface area contributed by atoms with Gasteiger partial charge in [-0.1, -0.05) is 41.9 Å². The fourth-order valence-electron chi connectivity index (χ4n) is 1.98. The molecule has 0 aliphatic rings. The van der Waals surface area contributed by atoms with Crippen LogP contribution in [0.2, 0.25) is 5.02 Å². The van der Waals surface area contributed by atoms with E-state index in [-0.39, 0.29) is 0 Å². The predicted octanol–water partition coefficient (Wildman–Crippen LogP) is 3.30. The first kappa shape index (κ1) is 12.7. The van der Waals surface area contributed by atoms with Crippen LogP contribution < -0.4 is 5.73 Å². The maximum absolute atomic E-state index is 5.91. The minimum absolute atomic E-state index is 0.526. The molecule has 0 bridgehead atoms. The van der Waals surface area contributed by atoms with Crippen LogP contribution in [0.3, 0.4) is 0 Å². The van der Waals surface area contributed by atoms with Gasteiger partial charge in [0, 0.05) is 12.0 Å². The minimum Gasteiger partial charge on any atom is -0.398 e. The maximum Gasteiger partial charge on any atom is 0.181 e. The molecular formula is C15H13ClN4. The molecule has 3 aromatic rings. The standard InChI is InChI=1S/C15H13ClN4/c16-12-7-6-11(9-13(12)17)15-18-14(19-20-15)8-10-4-2-1-3-5-10/h1-7,9H,8,17H2,(H,18,19,20). The normalized spacial score (nSPS) is 10.7. The Morgan fingerprint density at radius 1 is 1.10 bits per heavy atom. The summed E-state index contributed by atoms with van der Waals surface area (Å²) in [5.41, 5.74) is 8.35. The molecule has 3 rings (SSSR count). The second-order valence-electron chi connectivity index (χ2n) is 4.50. The van der Waals surface area contributed by atoms with Gasteiger partial charge in [-0.3, -0.25) is 5.10 Å². The quantitative estimate of drug-likeness (QED) is 0.725. The molecule has 1 aromatic heterocycles. The average Bonchev–Trinajstić information content (AvgIpc) is 2.91. The number of anilines is 1. The van der Waals surface area contributed by atoms with Crippen molar-refractivity contribution in [2.45, 2.75) is 6.42 Å². The van der Waals surface area contributed by atoms with Crippen LogP contribution in [0.15, 0.2) is 48.5 Å². The molecule has 0 spiro atoms. The molecule has 0 aliphatic carbocycles. The first-order valence-corrected chi connectivity index (χ1v) is 6.61. The van der Waals surface area contributed by atoms with Gasteiger partial charge in [0.1, 0.15) is 5.82 Å². The van der Waals surface area contributed by atoms with Crippen LogP contribution in [0.5, 0.6) is 0 Å². The number of nitrogens with two attached hydrogens (primary N) is 1. The summed E-state index contributed by atoms with van der Waals surface area (Å²) in [6.45, 7) is 0. The zero-order chi connectivity index (χ0) is 13.9. The number of nitrogen functional groups attached to an aromatic ring is 1. The molecular weight excluding hydrogens is 272 g/mol. The lowest BCUT2D eigenvalue weighted by molar-refractivity contribution is 0.973. The third kappa shape index (κ3) is 2.65. The number of hydrogen-bond donors (Lipinski definition) is 2. The molecule has 20 heavy (non-hydrogen) atoms. The Morgan fingerprint density at radius 2 is 1.90 bits per heavy atom. The SMILES string of the molecule is Nc1cc(-c2n[nH]c(Cc3ccccc3)n2)ccc1Cl. The summed E-state index contributed by atoms with van der Waals surface area (Å²) in [5.74, 6) is 1.44. The molecule has 0 aliphatic heterocycles. The molecule has 100 valence electrons. The van der Waals surface area contributed by atoms with E-state index in [0.717, 1.165) is 17.8 Å². The Bertz CT molecular complexity index is 722. The zero-order valence-electron chi connectivity index (χ0n) is 10.7. The van der Waals surface area contributed by atoms with Crippen LogP contribution in [0.4, 0.5) is 5.69 Å². The monoisotopic (exact) mass is 284 g/mol. The highest BCUT2D eigenvalue weighted by molar-refractivity contribution is 6.33. The molecule has 0 unspecified atom stereocenters. The molecule has 3 N–H and O–H groups in total. The van der Waals surface area contributed by atoms with Crippen molar-refractivity contribution in [2.75, 3.05) is 5.73 Å². The van der Waals surface area contributed by atoms with Gasteiger partial charge >= 0.3 is 0 Å². The molecule has 0 radical (unpaired) electrons. The van der Waals surface area contributed by atoms with Gasteiger partial charge in [-0.15, -0.1) is 0 Å². The Kier molecular flexibility index (Phi) is 3.39. The molecule has 0 saturated carbocycles. The third-order valence-corrected chi connectivity index (χ3v) is 3.34. The molecule has 5 heteroatoms. The average molecular weight is 285 g/mol. The first-order valence-electron chi connectivity index (χ1n) is 6.23. The van der Waals surface area contributed by atoms with Gasteiger partial charge < -0.3 is 5.73 Å². The highest BCUT2D eigenvalue weighted by Gasteiger charge is 2.08. The Balaban J connectivity index is 1.84. The van der Waals surface area contributed by atoms with E-state index in [0.29, 0.717) is 16.5 Å². The van der Waals surface area contributed by atoms with Crippen LogP contribution in [-0.4, -0.2) is 15.2 Å². The smallest absolute Gasteiger partial charge is 0.181 e. The van der Waals surface area contributed by atoms with Gasteiger partial charge in [0.05, 0.1) is 10.7 Å². The summed E-state index contributed by atoms with van der Waals surface area (Å²) in [4.78, 5) is 4.48. The Hall–Kier alpha value is -2.33. The van der Waals surface area contributed by atoms with E-state index in [9.17, 15) is 0 Å². The van der Waals surface area contributed by atoms with Gasteiger partial charge in [-0.2, -0.15) is 5.10 Å². The van der Waals surface area contributed by atoms with Gasteiger partial charge in [-0.05, 0) is 23.8 Å². The van der Waals surface area contributed by atoms with Crippen molar-refractivity contribution in [3.8, 4) is 11.4 Å². The van der Waals surface area contributed by atoms with Crippen LogP contribution in [0.25, 0.3) is 11.4 Å². The van der Waals surface area contributed by atoms with Gasteiger partial charge in [-0.25, -0.2) is 4.98 Å². The van der Waals surface area contributed by atoms with Crippen molar-refractivity contribution in [1.29, 1.82) is 0 Å². The molecule has 4 nitrogen and oxygen atoms in total. The van der Waals surface area contributed by atoms with Crippen molar-refractivity contribution in [3.63, 3.8) is 0 Å². The van der Waals surface area contributed by atoms with E-state index >= 15 is 0 Å². The lowest BCUT2D eigenvalue weighted by atomic mass is 10.1. The Labute approximate surface area is 121 Å². The number of hydrogen-bond acceptors (Lipinski definition) is 3. The molecule has 0 fully saturated rings. The number of nitrogens with zero attached hydrogens (tertiary/aromatic N) is 2. The van der Waals surface area contributed by atoms with Gasteiger partial charge in [0.2, 0.25) is 0 Å². The van der Waals surface area contributed by atoms with Crippen molar-refractivity contribution in [1.82, 2.24) is 15.2 Å². The minimum atomic E-state index is 0.526. The number of halogens is 1. The van der Waals surface area contributed by atoms with E-state index in [1.165, 1.54) is 5.56 Å². The largest absolute Gasteiger partial charge is 0.398 e. The van der Waals surface area contributed by atoms with E-state index < -0.39 is 0 Å². The molecule has 0 saturated heterocycles. The number of benzene rings is 2. The van der Waals surface area contributed by atoms with E-state index in [4.69, 9.17) is 17.3 Å². The zero-order valence-corrected chi connectivity index (χ0v) is 11.4. The summed E-state index contributed by atoms with van der Waals surface area (Å²) < 4.78 is 0. The molecule has 0 atom stereocenters. The highest BCUT2D eigenvalue weighted by Crippen LogP contribution is 2.24. The van der Waals surface area contributed by atoms with Crippen molar-refractivity contribution in [2.24, 2.45) is 0 Å². The van der Waals surface area contributed by atoms with Gasteiger partial charge in [0.25, 0.3) is 0 Å². The van der Waals surface area contributed by atoms with Crippen molar-refractivity contribution >= 4 is 17.3 Å². The number of nitrogens with one attached hydrogen (secondary N) is 1. The van der Waals surface area contributed by atoms with Crippen LogP contribution in [0, 0.1) is 0 Å². The number of aromatic amines is 1. The lowest BCUT2D eigenvalue weighted by Gasteiger charge is -1.99. The van der Waals surface area contributed by atoms with Crippen LogP contribution in [0.1, 0.15) is 11.4 Å².